The van der Waals surface area contributed by atoms with E-state index < -0.39 is 0 Å². The van der Waals surface area contributed by atoms with Gasteiger partial charge in [0.2, 0.25) is 0 Å². The van der Waals surface area contributed by atoms with Crippen molar-refractivity contribution in [2.24, 2.45) is 5.92 Å². The summed E-state index contributed by atoms with van der Waals surface area (Å²) in [4.78, 5) is 14.8. The molecule has 0 bridgehead atoms. The minimum Gasteiger partial charge on any atom is -0.264 e. The Balaban J connectivity index is 1.02. The van der Waals surface area contributed by atoms with Crippen LogP contribution in [0.15, 0.2) is 194 Å². The quantitative estimate of drug-likeness (QED) is 0.159. The van der Waals surface area contributed by atoms with Gasteiger partial charge in [-0.25, -0.2) is 9.97 Å². The zero-order valence-corrected chi connectivity index (χ0v) is 32.7. The van der Waals surface area contributed by atoms with E-state index in [4.69, 9.17) is 9.97 Å². The number of rotatable bonds is 6. The lowest BCUT2D eigenvalue weighted by atomic mass is 9.83. The van der Waals surface area contributed by atoms with Crippen LogP contribution in [0.25, 0.3) is 106 Å². The Hall–Kier alpha value is -7.49. The second-order valence-corrected chi connectivity index (χ2v) is 15.7. The smallest absolute Gasteiger partial charge is 0.160 e. The maximum atomic E-state index is 5.27. The fraction of sp³-hybridized carbons (Fsp3) is 0.0536. The molecule has 0 amide bonds. The lowest BCUT2D eigenvalue weighted by Gasteiger charge is -2.21. The molecule has 0 radical (unpaired) electrons. The van der Waals surface area contributed by atoms with Gasteiger partial charge in [-0.15, -0.1) is 0 Å². The summed E-state index contributed by atoms with van der Waals surface area (Å²) in [5.41, 5.74) is 14.5. The Morgan fingerprint density at radius 2 is 1.07 bits per heavy atom. The first-order valence-electron chi connectivity index (χ1n) is 20.4. The molecule has 0 N–H and O–H groups in total. The summed E-state index contributed by atoms with van der Waals surface area (Å²) < 4.78 is 0. The number of nitrogens with zero attached hydrogens (tertiary/aromatic N) is 3. The monoisotopic (exact) mass is 753 g/mol. The Morgan fingerprint density at radius 3 is 1.85 bits per heavy atom. The predicted molar refractivity (Wildman–Crippen MR) is 247 cm³/mol. The molecular formula is C56H39N3. The third kappa shape index (κ3) is 6.38. The summed E-state index contributed by atoms with van der Waals surface area (Å²) >= 11 is 0. The molecule has 2 heterocycles. The lowest BCUT2D eigenvalue weighted by molar-refractivity contribution is 0.722. The van der Waals surface area contributed by atoms with Crippen molar-refractivity contribution in [2.45, 2.75) is 13.3 Å². The maximum Gasteiger partial charge on any atom is 0.160 e. The standard InChI is InChI=1S/C56H39N3/c1-36-18-28-50-51-29-27-43(33-53(51)49-16-5-4-15-48(49)52(50)31-36)42-11-6-12-44(32-42)56-58-54(40-23-19-37(20-24-40)45-13-8-30-57-35-45)34-55(59-56)41-25-21-39(22-26-41)47-17-7-10-38-9-2-3-14-46(38)47/h2-30,32-36H,31H2,1H3. The molecule has 11 rings (SSSR count). The van der Waals surface area contributed by atoms with Crippen LogP contribution in [-0.4, -0.2) is 15.0 Å². The second kappa shape index (κ2) is 14.5. The molecule has 0 saturated heterocycles. The van der Waals surface area contributed by atoms with E-state index in [1.54, 1.807) is 6.20 Å². The molecule has 0 saturated carbocycles. The van der Waals surface area contributed by atoms with Gasteiger partial charge >= 0.3 is 0 Å². The zero-order valence-electron chi connectivity index (χ0n) is 32.7. The van der Waals surface area contributed by atoms with Crippen LogP contribution in [0, 0.1) is 5.92 Å². The van der Waals surface area contributed by atoms with Gasteiger partial charge in [-0.05, 0) is 113 Å². The molecule has 0 spiro atoms. The van der Waals surface area contributed by atoms with E-state index in [0.29, 0.717) is 11.7 Å². The summed E-state index contributed by atoms with van der Waals surface area (Å²) in [7, 11) is 0. The molecule has 1 unspecified atom stereocenters. The van der Waals surface area contributed by atoms with E-state index in [0.717, 1.165) is 51.2 Å². The first-order valence-corrected chi connectivity index (χ1v) is 20.4. The number of hydrogen-bond acceptors (Lipinski definition) is 3. The minimum absolute atomic E-state index is 0.534. The SMILES string of the molecule is CC1C=Cc2c(c3ccccc3c3cc(-c4cccc(-c5nc(-c6ccc(-c7cccnc7)cc6)cc(-c6ccc(-c7cccc8ccccc78)cc6)n5)c4)ccc23)C1. The molecular weight excluding hydrogens is 715 g/mol. The van der Waals surface area contributed by atoms with E-state index in [1.807, 2.05) is 12.3 Å². The average Bonchev–Trinajstić information content (AvgIpc) is 3.31. The largest absolute Gasteiger partial charge is 0.264 e. The highest BCUT2D eigenvalue weighted by atomic mass is 14.9. The fourth-order valence-electron chi connectivity index (χ4n) is 8.91. The van der Waals surface area contributed by atoms with Gasteiger partial charge < -0.3 is 0 Å². The van der Waals surface area contributed by atoms with Gasteiger partial charge in [0.05, 0.1) is 11.4 Å². The average molecular weight is 754 g/mol. The Bertz CT molecular complexity index is 3230. The molecule has 1 atom stereocenters. The molecule has 1 aliphatic rings. The van der Waals surface area contributed by atoms with E-state index in [-0.39, 0.29) is 0 Å². The van der Waals surface area contributed by atoms with Gasteiger partial charge in [0.1, 0.15) is 0 Å². The normalized spacial score (nSPS) is 13.5. The summed E-state index contributed by atoms with van der Waals surface area (Å²) in [6.07, 6.45) is 9.46. The lowest BCUT2D eigenvalue weighted by Crippen LogP contribution is -2.05. The molecule has 0 fully saturated rings. The van der Waals surface area contributed by atoms with Gasteiger partial charge in [-0.3, -0.25) is 4.98 Å². The Morgan fingerprint density at radius 1 is 0.441 bits per heavy atom. The number of pyridine rings is 1. The van der Waals surface area contributed by atoms with Gasteiger partial charge in [-0.1, -0.05) is 171 Å². The highest BCUT2D eigenvalue weighted by Crippen LogP contribution is 2.40. The number of hydrogen-bond donors (Lipinski definition) is 0. The molecule has 3 heteroatoms. The van der Waals surface area contributed by atoms with Crippen LogP contribution in [0.3, 0.4) is 0 Å². The van der Waals surface area contributed by atoms with Crippen LogP contribution < -0.4 is 0 Å². The van der Waals surface area contributed by atoms with Crippen LogP contribution in [0.5, 0.6) is 0 Å². The van der Waals surface area contributed by atoms with E-state index in [2.05, 4.69) is 194 Å². The number of benzene rings is 8. The number of aromatic nitrogens is 3. The van der Waals surface area contributed by atoms with Crippen molar-refractivity contribution in [2.75, 3.05) is 0 Å². The minimum atomic E-state index is 0.534. The molecule has 10 aromatic rings. The summed E-state index contributed by atoms with van der Waals surface area (Å²) in [5, 5.41) is 7.73. The van der Waals surface area contributed by atoms with Crippen LogP contribution in [0.2, 0.25) is 0 Å². The number of fused-ring (bicyclic) bond motifs is 7. The third-order valence-corrected chi connectivity index (χ3v) is 11.9. The highest BCUT2D eigenvalue weighted by Gasteiger charge is 2.19. The summed E-state index contributed by atoms with van der Waals surface area (Å²) in [5.74, 6) is 1.22. The van der Waals surface area contributed by atoms with Gasteiger partial charge in [0.25, 0.3) is 0 Å². The van der Waals surface area contributed by atoms with Crippen LogP contribution in [0.1, 0.15) is 18.1 Å². The van der Waals surface area contributed by atoms with Crippen molar-refractivity contribution in [3.8, 4) is 67.3 Å². The molecule has 1 aliphatic carbocycles. The van der Waals surface area contributed by atoms with Gasteiger partial charge in [0, 0.05) is 29.1 Å². The van der Waals surface area contributed by atoms with Crippen molar-refractivity contribution in [3.05, 3.63) is 206 Å². The Labute approximate surface area is 344 Å². The topological polar surface area (TPSA) is 38.7 Å². The van der Waals surface area contributed by atoms with Gasteiger partial charge in [0.15, 0.2) is 5.82 Å². The summed E-state index contributed by atoms with van der Waals surface area (Å²) in [6.45, 7) is 2.31. The summed E-state index contributed by atoms with van der Waals surface area (Å²) in [6, 6.07) is 63.1. The second-order valence-electron chi connectivity index (χ2n) is 15.7. The van der Waals surface area contributed by atoms with Crippen LogP contribution >= 0.6 is 0 Å². The van der Waals surface area contributed by atoms with E-state index in [1.165, 1.54) is 60.1 Å². The third-order valence-electron chi connectivity index (χ3n) is 11.9. The number of allylic oxidation sites excluding steroid dienone is 1. The first kappa shape index (κ1) is 34.7. The molecule has 2 aromatic heterocycles. The maximum absolute atomic E-state index is 5.27. The molecule has 3 nitrogen and oxygen atoms in total. The van der Waals surface area contributed by atoms with Crippen molar-refractivity contribution in [3.63, 3.8) is 0 Å². The Kier molecular flexibility index (Phi) is 8.52. The molecule has 278 valence electrons. The fourth-order valence-corrected chi connectivity index (χ4v) is 8.91. The van der Waals surface area contributed by atoms with Crippen molar-refractivity contribution >= 4 is 38.4 Å². The van der Waals surface area contributed by atoms with Crippen molar-refractivity contribution < 1.29 is 0 Å². The highest BCUT2D eigenvalue weighted by molar-refractivity contribution is 6.14. The van der Waals surface area contributed by atoms with Crippen LogP contribution in [0.4, 0.5) is 0 Å². The molecule has 59 heavy (non-hydrogen) atoms. The molecule has 8 aromatic carbocycles. The molecule has 0 aliphatic heterocycles. The van der Waals surface area contributed by atoms with E-state index >= 15 is 0 Å². The van der Waals surface area contributed by atoms with E-state index in [9.17, 15) is 0 Å². The van der Waals surface area contributed by atoms with Gasteiger partial charge in [-0.2, -0.15) is 0 Å². The van der Waals surface area contributed by atoms with Crippen molar-refractivity contribution in [1.82, 2.24) is 15.0 Å². The van der Waals surface area contributed by atoms with Crippen molar-refractivity contribution in [1.29, 1.82) is 0 Å². The zero-order chi connectivity index (χ0) is 39.3. The van der Waals surface area contributed by atoms with Crippen LogP contribution in [-0.2, 0) is 6.42 Å². The predicted octanol–water partition coefficient (Wildman–Crippen LogP) is 14.5. The first-order chi connectivity index (χ1) is 29.1.